The highest BCUT2D eigenvalue weighted by atomic mass is 32.2. The second-order valence-electron chi connectivity index (χ2n) is 16.5. The van der Waals surface area contributed by atoms with Crippen molar-refractivity contribution in [3.05, 3.63) is 47.5 Å². The molecule has 0 radical (unpaired) electrons. The molecular weight excluding hydrogens is 687 g/mol. The van der Waals surface area contributed by atoms with Gasteiger partial charge in [-0.2, -0.15) is 0 Å². The number of ether oxygens (including phenoxy) is 1. The van der Waals surface area contributed by atoms with Crippen molar-refractivity contribution in [3.8, 4) is 0 Å². The highest BCUT2D eigenvalue weighted by Crippen LogP contribution is 2.57. The van der Waals surface area contributed by atoms with Gasteiger partial charge in [0.15, 0.2) is 5.78 Å². The standard InChI is InChI=1S/C38H53N5O8S/c1-6-26-19-38(26,34(46)40-52(49,50)28-15-16-28)20-31(44)30-18-27-22-43(30)33(45)32(37(2,3)4)39-35(47)41(5)17-10-8-7-9-12-24-13-11-14-25-21-42(23-29(24)25)36(48)51-27/h6,11,13-14,26-28,30,32H,1,7-10,12,15-23H2,2-5H3,(H,39,47)(H,40,46)/t26-,27-,30+,32-,38-/m1/s1. The molecule has 2 saturated carbocycles. The molecule has 13 nitrogen and oxygen atoms in total. The van der Waals surface area contributed by atoms with E-state index >= 15 is 0 Å². The summed E-state index contributed by atoms with van der Waals surface area (Å²) in [7, 11) is -2.16. The minimum absolute atomic E-state index is 0.00386. The summed E-state index contributed by atoms with van der Waals surface area (Å²) in [6.07, 6.45) is 5.68. The maximum Gasteiger partial charge on any atom is 0.410 e. The van der Waals surface area contributed by atoms with E-state index in [1.807, 2.05) is 32.9 Å². The lowest BCUT2D eigenvalue weighted by Gasteiger charge is -2.36. The molecule has 5 atom stereocenters. The van der Waals surface area contributed by atoms with Crippen LogP contribution in [0.4, 0.5) is 9.59 Å². The molecule has 2 N–H and O–H groups in total. The number of Topliss-reactive ketones (excluding diaryl/α,β-unsaturated/α-hetero) is 1. The Morgan fingerprint density at radius 3 is 2.46 bits per heavy atom. The average molecular weight is 740 g/mol. The lowest BCUT2D eigenvalue weighted by Crippen LogP contribution is -2.58. The molecule has 52 heavy (non-hydrogen) atoms. The molecule has 4 bridgehead atoms. The summed E-state index contributed by atoms with van der Waals surface area (Å²) in [6.45, 7) is 10.5. The van der Waals surface area contributed by atoms with Crippen LogP contribution in [0.3, 0.4) is 0 Å². The minimum atomic E-state index is -3.86. The van der Waals surface area contributed by atoms with Crippen LogP contribution in [0.2, 0.25) is 0 Å². The lowest BCUT2D eigenvalue weighted by atomic mass is 9.85. The van der Waals surface area contributed by atoms with E-state index in [0.717, 1.165) is 43.2 Å². The molecule has 0 aromatic heterocycles. The fraction of sp³-hybridized carbons (Fsp3) is 0.658. The number of nitrogens with one attached hydrogen (secondary N) is 2. The van der Waals surface area contributed by atoms with Gasteiger partial charge in [-0.3, -0.25) is 24.0 Å². The maximum absolute atomic E-state index is 14.5. The summed E-state index contributed by atoms with van der Waals surface area (Å²) in [5.74, 6) is -2.09. The van der Waals surface area contributed by atoms with Crippen LogP contribution in [-0.4, -0.2) is 96.4 Å². The van der Waals surface area contributed by atoms with Crippen molar-refractivity contribution in [2.45, 2.75) is 122 Å². The van der Waals surface area contributed by atoms with Crippen LogP contribution in [0.5, 0.6) is 0 Å². The molecule has 3 heterocycles. The largest absolute Gasteiger partial charge is 0.444 e. The number of carbonyl (C=O) groups is 5. The predicted molar refractivity (Wildman–Crippen MR) is 193 cm³/mol. The number of carbonyl (C=O) groups excluding carboxylic acids is 5. The zero-order valence-electron chi connectivity index (χ0n) is 30.8. The topological polar surface area (TPSA) is 162 Å². The SMILES string of the molecule is C=C[C@@H]1C[C@]1(CC(=O)[C@@H]1C[C@@H]2CN1C(=O)[C@H](C(C)(C)C)NC(=O)N(C)CCCCCCc1cccc3c1CN(C3)C(=O)O2)C(=O)NS(=O)(=O)C1CC1. The molecule has 284 valence electrons. The van der Waals surface area contributed by atoms with Crippen molar-refractivity contribution in [3.63, 3.8) is 0 Å². The highest BCUT2D eigenvalue weighted by molar-refractivity contribution is 7.90. The van der Waals surface area contributed by atoms with Gasteiger partial charge in [-0.25, -0.2) is 18.0 Å². The molecule has 5 amide bonds. The number of nitrogens with zero attached hydrogens (tertiary/aromatic N) is 3. The van der Waals surface area contributed by atoms with Crippen molar-refractivity contribution in [2.24, 2.45) is 16.7 Å². The number of amides is 5. The summed E-state index contributed by atoms with van der Waals surface area (Å²) in [6, 6.07) is 3.64. The third kappa shape index (κ3) is 7.86. The fourth-order valence-corrected chi connectivity index (χ4v) is 9.36. The molecule has 3 aliphatic heterocycles. The Morgan fingerprint density at radius 1 is 1.08 bits per heavy atom. The molecule has 2 aliphatic carbocycles. The molecule has 0 spiro atoms. The molecule has 1 aromatic rings. The van der Waals surface area contributed by atoms with Crippen molar-refractivity contribution in [1.82, 2.24) is 24.7 Å². The van der Waals surface area contributed by atoms with Gasteiger partial charge in [0.05, 0.1) is 23.3 Å². The normalized spacial score (nSPS) is 28.9. The van der Waals surface area contributed by atoms with Crippen LogP contribution in [0.1, 0.15) is 95.2 Å². The van der Waals surface area contributed by atoms with Gasteiger partial charge in [0.25, 0.3) is 0 Å². The van der Waals surface area contributed by atoms with Gasteiger partial charge in [0.1, 0.15) is 12.1 Å². The van der Waals surface area contributed by atoms with Crippen molar-refractivity contribution in [1.29, 1.82) is 0 Å². The number of ketones is 1. The van der Waals surface area contributed by atoms with E-state index in [-0.39, 0.29) is 25.8 Å². The first-order chi connectivity index (χ1) is 24.5. The van der Waals surface area contributed by atoms with E-state index in [4.69, 9.17) is 4.74 Å². The zero-order valence-corrected chi connectivity index (χ0v) is 31.6. The summed E-state index contributed by atoms with van der Waals surface area (Å²) < 4.78 is 33.6. The summed E-state index contributed by atoms with van der Waals surface area (Å²) in [4.78, 5) is 74.0. The van der Waals surface area contributed by atoms with Crippen LogP contribution in [-0.2, 0) is 48.7 Å². The molecular formula is C38H53N5O8S. The van der Waals surface area contributed by atoms with Gasteiger partial charge in [-0.15, -0.1) is 6.58 Å². The Kier molecular flexibility index (Phi) is 10.5. The monoisotopic (exact) mass is 739 g/mol. The van der Waals surface area contributed by atoms with E-state index in [0.29, 0.717) is 32.5 Å². The number of hydrogen-bond acceptors (Lipinski definition) is 8. The lowest BCUT2D eigenvalue weighted by molar-refractivity contribution is -0.142. The smallest absolute Gasteiger partial charge is 0.410 e. The van der Waals surface area contributed by atoms with E-state index in [1.54, 1.807) is 22.9 Å². The highest BCUT2D eigenvalue weighted by Gasteiger charge is 2.61. The van der Waals surface area contributed by atoms with Crippen LogP contribution < -0.4 is 10.0 Å². The average Bonchev–Trinajstić information content (AvgIpc) is 3.97. The number of aryl methyl sites for hydroxylation is 1. The third-order valence-electron chi connectivity index (χ3n) is 11.5. The number of fused-ring (bicyclic) bond motifs is 3. The summed E-state index contributed by atoms with van der Waals surface area (Å²) in [5.41, 5.74) is 1.34. The predicted octanol–water partition coefficient (Wildman–Crippen LogP) is 4.04. The zero-order chi connectivity index (χ0) is 37.6. The Morgan fingerprint density at radius 2 is 1.79 bits per heavy atom. The Balaban J connectivity index is 1.28. The van der Waals surface area contributed by atoms with Gasteiger partial charge in [0.2, 0.25) is 21.8 Å². The van der Waals surface area contributed by atoms with Gasteiger partial charge in [0, 0.05) is 39.5 Å². The van der Waals surface area contributed by atoms with E-state index < -0.39 is 79.9 Å². The summed E-state index contributed by atoms with van der Waals surface area (Å²) in [5, 5.41) is 2.30. The first-order valence-electron chi connectivity index (χ1n) is 18.6. The summed E-state index contributed by atoms with van der Waals surface area (Å²) >= 11 is 0. The fourth-order valence-electron chi connectivity index (χ4n) is 7.98. The van der Waals surface area contributed by atoms with E-state index in [1.165, 1.54) is 10.5 Å². The third-order valence-corrected chi connectivity index (χ3v) is 13.3. The number of hydrogen-bond donors (Lipinski definition) is 2. The number of allylic oxidation sites excluding steroid dienone is 1. The second-order valence-corrected chi connectivity index (χ2v) is 18.5. The Labute approximate surface area is 306 Å². The molecule has 6 rings (SSSR count). The number of urea groups is 1. The molecule has 0 unspecified atom stereocenters. The maximum atomic E-state index is 14.5. The Hall–Kier alpha value is -3.94. The molecule has 3 fully saturated rings. The quantitative estimate of drug-likeness (QED) is 0.396. The van der Waals surface area contributed by atoms with Crippen LogP contribution in [0.25, 0.3) is 0 Å². The Bertz CT molecular complexity index is 1740. The number of benzene rings is 1. The molecule has 1 saturated heterocycles. The number of sulfonamides is 1. The van der Waals surface area contributed by atoms with Gasteiger partial charge < -0.3 is 19.9 Å². The first-order valence-corrected chi connectivity index (χ1v) is 20.2. The molecule has 14 heteroatoms. The van der Waals surface area contributed by atoms with Gasteiger partial charge in [-0.05, 0) is 66.5 Å². The number of rotatable bonds is 7. The van der Waals surface area contributed by atoms with Gasteiger partial charge >= 0.3 is 12.1 Å². The molecule has 5 aliphatic rings. The minimum Gasteiger partial charge on any atom is -0.444 e. The van der Waals surface area contributed by atoms with Crippen LogP contribution in [0.15, 0.2) is 30.9 Å². The van der Waals surface area contributed by atoms with E-state index in [9.17, 15) is 32.4 Å². The van der Waals surface area contributed by atoms with Crippen molar-refractivity contribution in [2.75, 3.05) is 20.1 Å². The second kappa shape index (κ2) is 14.5. The van der Waals surface area contributed by atoms with Crippen molar-refractivity contribution < 1.29 is 37.1 Å². The van der Waals surface area contributed by atoms with Crippen LogP contribution in [0, 0.1) is 16.7 Å². The van der Waals surface area contributed by atoms with E-state index in [2.05, 4.69) is 22.7 Å². The van der Waals surface area contributed by atoms with Crippen LogP contribution >= 0.6 is 0 Å². The first kappa shape index (κ1) is 37.8. The molecule has 1 aromatic carbocycles. The van der Waals surface area contributed by atoms with Crippen molar-refractivity contribution >= 4 is 39.7 Å². The van der Waals surface area contributed by atoms with Gasteiger partial charge in [-0.1, -0.05) is 57.9 Å².